The molecule has 4 rings (SSSR count). The number of hydrogen-bond donors (Lipinski definition) is 0. The van der Waals surface area contributed by atoms with Gasteiger partial charge in [0.2, 0.25) is 5.91 Å². The van der Waals surface area contributed by atoms with Crippen LogP contribution in [0.3, 0.4) is 0 Å². The third-order valence-electron chi connectivity index (χ3n) is 5.46. The molecule has 0 saturated heterocycles. The van der Waals surface area contributed by atoms with Gasteiger partial charge in [0.05, 0.1) is 23.0 Å². The highest BCUT2D eigenvalue weighted by Crippen LogP contribution is 2.32. The maximum Gasteiger partial charge on any atom is 0.262 e. The number of hydrogen-bond acceptors (Lipinski definition) is 6. The van der Waals surface area contributed by atoms with E-state index in [0.29, 0.717) is 17.6 Å². The summed E-state index contributed by atoms with van der Waals surface area (Å²) in [5, 5.41) is 4.27. The number of benzene rings is 1. The summed E-state index contributed by atoms with van der Waals surface area (Å²) in [6.07, 6.45) is 5.93. The number of fused-ring (bicyclic) bond motifs is 1. The molecule has 30 heavy (non-hydrogen) atoms. The van der Waals surface area contributed by atoms with E-state index in [1.807, 2.05) is 34.2 Å². The molecule has 1 aliphatic carbocycles. The quantitative estimate of drug-likeness (QED) is 0.421. The van der Waals surface area contributed by atoms with E-state index in [1.165, 1.54) is 17.8 Å². The summed E-state index contributed by atoms with van der Waals surface area (Å²) in [4.78, 5) is 36.3. The average molecular weight is 443 g/mol. The third kappa shape index (κ3) is 4.59. The molecule has 0 unspecified atom stereocenters. The van der Waals surface area contributed by atoms with Crippen LogP contribution < -0.4 is 5.56 Å². The molecular formula is C22H26N4O2S2. The highest BCUT2D eigenvalue weighted by Gasteiger charge is 2.22. The van der Waals surface area contributed by atoms with Crippen molar-refractivity contribution in [2.24, 2.45) is 0 Å². The Kier molecular flexibility index (Phi) is 6.53. The molecule has 0 bridgehead atoms. The summed E-state index contributed by atoms with van der Waals surface area (Å²) in [5.74, 6) is 0.676. The van der Waals surface area contributed by atoms with Crippen molar-refractivity contribution in [1.82, 2.24) is 19.4 Å². The molecule has 0 N–H and O–H groups in total. The summed E-state index contributed by atoms with van der Waals surface area (Å²) in [6.45, 7) is 0. The van der Waals surface area contributed by atoms with Crippen molar-refractivity contribution in [2.45, 2.75) is 55.5 Å². The zero-order valence-electron chi connectivity index (χ0n) is 17.3. The van der Waals surface area contributed by atoms with Crippen molar-refractivity contribution < 1.29 is 4.79 Å². The van der Waals surface area contributed by atoms with Crippen LogP contribution in [0, 0.1) is 0 Å². The first-order valence-corrected chi connectivity index (χ1v) is 12.2. The summed E-state index contributed by atoms with van der Waals surface area (Å²) in [7, 11) is 3.51. The molecular weight excluding hydrogens is 416 g/mol. The lowest BCUT2D eigenvalue weighted by Crippen LogP contribution is -2.29. The van der Waals surface area contributed by atoms with E-state index >= 15 is 0 Å². The summed E-state index contributed by atoms with van der Waals surface area (Å²) >= 11 is 3.07. The summed E-state index contributed by atoms with van der Waals surface area (Å²) in [5.41, 5.74) is 1.72. The number of nitrogens with zero attached hydrogens (tertiary/aromatic N) is 4. The van der Waals surface area contributed by atoms with E-state index in [0.717, 1.165) is 47.1 Å². The van der Waals surface area contributed by atoms with Gasteiger partial charge in [0, 0.05) is 31.3 Å². The largest absolute Gasteiger partial charge is 0.348 e. The van der Waals surface area contributed by atoms with Gasteiger partial charge in [-0.25, -0.2) is 9.97 Å². The minimum Gasteiger partial charge on any atom is -0.348 e. The average Bonchev–Trinajstić information content (AvgIpc) is 3.20. The predicted octanol–water partition coefficient (Wildman–Crippen LogP) is 4.28. The fourth-order valence-corrected chi connectivity index (χ4v) is 5.66. The molecule has 8 heteroatoms. The molecule has 0 atom stereocenters. The number of thiazole rings is 1. The van der Waals surface area contributed by atoms with Gasteiger partial charge in [-0.2, -0.15) is 0 Å². The highest BCUT2D eigenvalue weighted by atomic mass is 32.2. The van der Waals surface area contributed by atoms with Gasteiger partial charge in [0.15, 0.2) is 5.16 Å². The standard InChI is InChI=1S/C22H26N4O2S2/c1-25(2)20(27)12-19-23-15(13-29-19)14-30-22-24-18-11-7-6-10-17(18)21(28)26(22)16-8-4-3-5-9-16/h6-7,10-11,13,16H,3-5,8-9,12,14H2,1-2H3. The second-order valence-electron chi connectivity index (χ2n) is 7.86. The fourth-order valence-electron chi connectivity index (χ4n) is 3.81. The SMILES string of the molecule is CN(C)C(=O)Cc1nc(CSc2nc3ccccc3c(=O)n2C2CCCCC2)cs1. The number of thioether (sulfide) groups is 1. The van der Waals surface area contributed by atoms with Crippen LogP contribution in [0.1, 0.15) is 48.8 Å². The third-order valence-corrected chi connectivity index (χ3v) is 7.35. The van der Waals surface area contributed by atoms with Crippen molar-refractivity contribution in [3.63, 3.8) is 0 Å². The molecule has 0 radical (unpaired) electrons. The van der Waals surface area contributed by atoms with Crippen LogP contribution in [0.5, 0.6) is 0 Å². The van der Waals surface area contributed by atoms with Gasteiger partial charge in [-0.05, 0) is 25.0 Å². The number of carbonyl (C=O) groups is 1. The molecule has 6 nitrogen and oxygen atoms in total. The molecule has 1 saturated carbocycles. The van der Waals surface area contributed by atoms with Gasteiger partial charge in [-0.3, -0.25) is 14.2 Å². The van der Waals surface area contributed by atoms with Crippen molar-refractivity contribution in [3.8, 4) is 0 Å². The van der Waals surface area contributed by atoms with Crippen LogP contribution >= 0.6 is 23.1 Å². The lowest BCUT2D eigenvalue weighted by atomic mass is 9.95. The topological polar surface area (TPSA) is 68.1 Å². The maximum atomic E-state index is 13.3. The lowest BCUT2D eigenvalue weighted by molar-refractivity contribution is -0.127. The molecule has 1 amide bonds. The molecule has 2 heterocycles. The Hall–Kier alpha value is -2.19. The fraction of sp³-hybridized carbons (Fsp3) is 0.455. The van der Waals surface area contributed by atoms with Gasteiger partial charge in [-0.15, -0.1) is 11.3 Å². The van der Waals surface area contributed by atoms with E-state index in [9.17, 15) is 9.59 Å². The van der Waals surface area contributed by atoms with E-state index in [4.69, 9.17) is 4.98 Å². The minimum atomic E-state index is 0.0471. The zero-order valence-corrected chi connectivity index (χ0v) is 19.0. The molecule has 1 fully saturated rings. The number of aromatic nitrogens is 3. The van der Waals surface area contributed by atoms with Crippen LogP contribution in [-0.2, 0) is 17.0 Å². The molecule has 2 aromatic heterocycles. The highest BCUT2D eigenvalue weighted by molar-refractivity contribution is 7.98. The monoisotopic (exact) mass is 442 g/mol. The molecule has 1 aromatic carbocycles. The second-order valence-corrected chi connectivity index (χ2v) is 9.75. The van der Waals surface area contributed by atoms with Gasteiger partial charge in [0.1, 0.15) is 5.01 Å². The first-order chi connectivity index (χ1) is 14.5. The summed E-state index contributed by atoms with van der Waals surface area (Å²) < 4.78 is 1.93. The number of amides is 1. The summed E-state index contributed by atoms with van der Waals surface area (Å²) in [6, 6.07) is 7.81. The van der Waals surface area contributed by atoms with Gasteiger partial charge in [-0.1, -0.05) is 43.2 Å². The molecule has 0 aliphatic heterocycles. The van der Waals surface area contributed by atoms with Gasteiger partial charge < -0.3 is 4.90 Å². The second kappa shape index (κ2) is 9.31. The Morgan fingerprint density at radius 2 is 1.97 bits per heavy atom. The van der Waals surface area contributed by atoms with Gasteiger partial charge in [0.25, 0.3) is 5.56 Å². The maximum absolute atomic E-state index is 13.3. The Morgan fingerprint density at radius 1 is 1.20 bits per heavy atom. The molecule has 3 aromatic rings. The van der Waals surface area contributed by atoms with Crippen molar-refractivity contribution in [3.05, 3.63) is 50.7 Å². The minimum absolute atomic E-state index is 0.0471. The van der Waals surface area contributed by atoms with Crippen LogP contribution in [0.4, 0.5) is 0 Å². The smallest absolute Gasteiger partial charge is 0.262 e. The lowest BCUT2D eigenvalue weighted by Gasteiger charge is -2.26. The predicted molar refractivity (Wildman–Crippen MR) is 122 cm³/mol. The van der Waals surface area contributed by atoms with Crippen LogP contribution in [0.25, 0.3) is 10.9 Å². The van der Waals surface area contributed by atoms with E-state index in [-0.39, 0.29) is 17.5 Å². The number of para-hydroxylation sites is 1. The van der Waals surface area contributed by atoms with Gasteiger partial charge >= 0.3 is 0 Å². The van der Waals surface area contributed by atoms with Crippen LogP contribution in [0.15, 0.2) is 39.6 Å². The van der Waals surface area contributed by atoms with Crippen molar-refractivity contribution >= 4 is 39.9 Å². The Labute approximate surface area is 184 Å². The Balaban J connectivity index is 1.59. The molecule has 158 valence electrons. The van der Waals surface area contributed by atoms with E-state index in [1.54, 1.807) is 30.8 Å². The normalized spacial score (nSPS) is 14.9. The van der Waals surface area contributed by atoms with Crippen LogP contribution in [0.2, 0.25) is 0 Å². The first-order valence-electron chi connectivity index (χ1n) is 10.3. The Bertz CT molecular complexity index is 1100. The van der Waals surface area contributed by atoms with E-state index < -0.39 is 0 Å². The van der Waals surface area contributed by atoms with Crippen LogP contribution in [-0.4, -0.2) is 39.4 Å². The molecule has 1 aliphatic rings. The number of likely N-dealkylation sites (N-methyl/N-ethyl adjacent to an activating group) is 1. The Morgan fingerprint density at radius 3 is 2.73 bits per heavy atom. The number of carbonyl (C=O) groups excluding carboxylic acids is 1. The first kappa shape index (κ1) is 21.1. The van der Waals surface area contributed by atoms with E-state index in [2.05, 4.69) is 4.98 Å². The van der Waals surface area contributed by atoms with Crippen molar-refractivity contribution in [2.75, 3.05) is 14.1 Å². The molecule has 0 spiro atoms. The zero-order chi connectivity index (χ0) is 21.1. The number of rotatable bonds is 6. The van der Waals surface area contributed by atoms with Crippen molar-refractivity contribution in [1.29, 1.82) is 0 Å².